The molecule has 1 unspecified atom stereocenters. The number of benzene rings is 2. The van der Waals surface area contributed by atoms with Gasteiger partial charge in [0.25, 0.3) is 0 Å². The Balaban J connectivity index is 2.10. The summed E-state index contributed by atoms with van der Waals surface area (Å²) in [4.78, 5) is 27.1. The molecule has 0 radical (unpaired) electrons. The summed E-state index contributed by atoms with van der Waals surface area (Å²) in [5, 5.41) is 2.83. The fraction of sp³-hybridized carbons (Fsp3) is 0.417. The molecule has 1 N–H and O–H groups in total. The van der Waals surface area contributed by atoms with Crippen molar-refractivity contribution in [3.63, 3.8) is 0 Å². The number of rotatable bonds is 9. The second-order valence-electron chi connectivity index (χ2n) is 7.25. The molecule has 2 amide bonds. The van der Waals surface area contributed by atoms with Crippen molar-refractivity contribution in [1.29, 1.82) is 0 Å². The first kappa shape index (κ1) is 21.7. The van der Waals surface area contributed by atoms with Crippen LogP contribution < -0.4 is 5.32 Å². The molecule has 0 fully saturated rings. The van der Waals surface area contributed by atoms with E-state index >= 15 is 0 Å². The predicted molar refractivity (Wildman–Crippen MR) is 114 cm³/mol. The molecule has 4 heteroatoms. The van der Waals surface area contributed by atoms with Crippen LogP contribution in [0.25, 0.3) is 0 Å². The van der Waals surface area contributed by atoms with E-state index < -0.39 is 6.04 Å². The van der Waals surface area contributed by atoms with Crippen LogP contribution in [-0.4, -0.2) is 29.3 Å². The lowest BCUT2D eigenvalue weighted by Crippen LogP contribution is -2.47. The standard InChI is InChI=1S/C24H32N2O2/c1-5-20-11-13-21(14-12-20)15-16-23(27)26(19(4)24(28)25-6-2)17-22-9-7-18(3)8-10-22/h7-14,19H,5-6,15-17H2,1-4H3,(H,25,28). The van der Waals surface area contributed by atoms with Crippen LogP contribution in [0.1, 0.15) is 49.4 Å². The van der Waals surface area contributed by atoms with E-state index in [0.29, 0.717) is 25.9 Å². The van der Waals surface area contributed by atoms with Crippen LogP contribution in [0.4, 0.5) is 0 Å². The Bertz CT molecular complexity index is 766. The lowest BCUT2D eigenvalue weighted by Gasteiger charge is -2.29. The Hall–Kier alpha value is -2.62. The van der Waals surface area contributed by atoms with Crippen LogP contribution in [0.2, 0.25) is 0 Å². The molecule has 150 valence electrons. The van der Waals surface area contributed by atoms with Crippen molar-refractivity contribution < 1.29 is 9.59 Å². The maximum atomic E-state index is 13.0. The van der Waals surface area contributed by atoms with Crippen molar-refractivity contribution in [2.45, 2.75) is 59.5 Å². The Labute approximate surface area is 169 Å². The van der Waals surface area contributed by atoms with Gasteiger partial charge >= 0.3 is 0 Å². The van der Waals surface area contributed by atoms with E-state index in [-0.39, 0.29) is 11.8 Å². The van der Waals surface area contributed by atoms with Crippen LogP contribution in [0.15, 0.2) is 48.5 Å². The molecule has 0 aliphatic heterocycles. The molecule has 4 nitrogen and oxygen atoms in total. The third kappa shape index (κ3) is 6.22. The van der Waals surface area contributed by atoms with E-state index in [1.807, 2.05) is 38.1 Å². The summed E-state index contributed by atoms with van der Waals surface area (Å²) >= 11 is 0. The van der Waals surface area contributed by atoms with Gasteiger partial charge in [-0.1, -0.05) is 61.0 Å². The summed E-state index contributed by atoms with van der Waals surface area (Å²) in [5.74, 6) is -0.117. The van der Waals surface area contributed by atoms with Gasteiger partial charge in [0.05, 0.1) is 0 Å². The summed E-state index contributed by atoms with van der Waals surface area (Å²) < 4.78 is 0. The number of hydrogen-bond acceptors (Lipinski definition) is 2. The topological polar surface area (TPSA) is 49.4 Å². The van der Waals surface area contributed by atoms with Crippen LogP contribution in [0.3, 0.4) is 0 Å². The van der Waals surface area contributed by atoms with Crippen molar-refractivity contribution in [2.24, 2.45) is 0 Å². The lowest BCUT2D eigenvalue weighted by atomic mass is 10.0. The molecule has 0 saturated carbocycles. The van der Waals surface area contributed by atoms with Crippen LogP contribution >= 0.6 is 0 Å². The van der Waals surface area contributed by atoms with Gasteiger partial charge < -0.3 is 10.2 Å². The Morgan fingerprint density at radius 1 is 0.929 bits per heavy atom. The summed E-state index contributed by atoms with van der Waals surface area (Å²) in [6.07, 6.45) is 2.07. The molecule has 0 aliphatic rings. The molecule has 2 rings (SSSR count). The molecule has 0 aromatic heterocycles. The third-order valence-electron chi connectivity index (χ3n) is 5.05. The summed E-state index contributed by atoms with van der Waals surface area (Å²) in [6, 6.07) is 16.0. The van der Waals surface area contributed by atoms with E-state index in [9.17, 15) is 9.59 Å². The van der Waals surface area contributed by atoms with Crippen LogP contribution in [0.5, 0.6) is 0 Å². The molecule has 2 aromatic carbocycles. The molecule has 28 heavy (non-hydrogen) atoms. The van der Waals surface area contributed by atoms with Gasteiger partial charge in [0, 0.05) is 19.5 Å². The van der Waals surface area contributed by atoms with Gasteiger partial charge in [-0.25, -0.2) is 0 Å². The zero-order chi connectivity index (χ0) is 20.5. The largest absolute Gasteiger partial charge is 0.355 e. The highest BCUT2D eigenvalue weighted by Gasteiger charge is 2.25. The maximum absolute atomic E-state index is 13.0. The van der Waals surface area contributed by atoms with Gasteiger partial charge in [-0.2, -0.15) is 0 Å². The normalized spacial score (nSPS) is 11.7. The van der Waals surface area contributed by atoms with Gasteiger partial charge in [0.2, 0.25) is 11.8 Å². The number of nitrogens with one attached hydrogen (secondary N) is 1. The highest BCUT2D eigenvalue weighted by Crippen LogP contribution is 2.14. The molecule has 0 heterocycles. The number of carbonyl (C=O) groups excluding carboxylic acids is 2. The average Bonchev–Trinajstić information content (AvgIpc) is 2.71. The Morgan fingerprint density at radius 3 is 2.07 bits per heavy atom. The minimum atomic E-state index is -0.503. The van der Waals surface area contributed by atoms with Crippen LogP contribution in [-0.2, 0) is 29.0 Å². The van der Waals surface area contributed by atoms with E-state index in [2.05, 4.69) is 36.5 Å². The first-order chi connectivity index (χ1) is 13.4. The zero-order valence-corrected chi connectivity index (χ0v) is 17.5. The fourth-order valence-electron chi connectivity index (χ4n) is 3.13. The van der Waals surface area contributed by atoms with Gasteiger partial charge in [-0.15, -0.1) is 0 Å². The minimum Gasteiger partial charge on any atom is -0.355 e. The Kier molecular flexibility index (Phi) is 8.24. The highest BCUT2D eigenvalue weighted by atomic mass is 16.2. The summed E-state index contributed by atoms with van der Waals surface area (Å²) in [7, 11) is 0. The van der Waals surface area contributed by atoms with E-state index in [1.54, 1.807) is 11.8 Å². The first-order valence-electron chi connectivity index (χ1n) is 10.1. The van der Waals surface area contributed by atoms with Crippen molar-refractivity contribution in [2.75, 3.05) is 6.54 Å². The summed E-state index contributed by atoms with van der Waals surface area (Å²) in [6.45, 7) is 8.84. The number of amides is 2. The van der Waals surface area contributed by atoms with Gasteiger partial charge in [-0.3, -0.25) is 9.59 Å². The lowest BCUT2D eigenvalue weighted by molar-refractivity contribution is -0.140. The SMILES string of the molecule is CCNC(=O)C(C)N(Cc1ccc(C)cc1)C(=O)CCc1ccc(CC)cc1. The van der Waals surface area contributed by atoms with Gasteiger partial charge in [0.15, 0.2) is 0 Å². The monoisotopic (exact) mass is 380 g/mol. The average molecular weight is 381 g/mol. The molecule has 1 atom stereocenters. The second kappa shape index (κ2) is 10.6. The third-order valence-corrected chi connectivity index (χ3v) is 5.05. The van der Waals surface area contributed by atoms with Crippen molar-refractivity contribution >= 4 is 11.8 Å². The Morgan fingerprint density at radius 2 is 1.50 bits per heavy atom. The quantitative estimate of drug-likeness (QED) is 0.714. The van der Waals surface area contributed by atoms with Gasteiger partial charge in [-0.05, 0) is 50.3 Å². The molecule has 0 aliphatic carbocycles. The first-order valence-corrected chi connectivity index (χ1v) is 10.1. The van der Waals surface area contributed by atoms with Crippen molar-refractivity contribution in [1.82, 2.24) is 10.2 Å². The van der Waals surface area contributed by atoms with Crippen molar-refractivity contribution in [3.8, 4) is 0 Å². The maximum Gasteiger partial charge on any atom is 0.242 e. The van der Waals surface area contributed by atoms with E-state index in [1.165, 1.54) is 11.1 Å². The molecular weight excluding hydrogens is 348 g/mol. The van der Waals surface area contributed by atoms with Gasteiger partial charge in [0.1, 0.15) is 6.04 Å². The fourth-order valence-corrected chi connectivity index (χ4v) is 3.13. The zero-order valence-electron chi connectivity index (χ0n) is 17.5. The smallest absolute Gasteiger partial charge is 0.242 e. The number of nitrogens with zero attached hydrogens (tertiary/aromatic N) is 1. The minimum absolute atomic E-state index is 0.00102. The van der Waals surface area contributed by atoms with E-state index in [4.69, 9.17) is 0 Å². The molecule has 0 spiro atoms. The molecular formula is C24H32N2O2. The summed E-state index contributed by atoms with van der Waals surface area (Å²) in [5.41, 5.74) is 4.64. The molecule has 0 bridgehead atoms. The number of carbonyl (C=O) groups is 2. The number of hydrogen-bond donors (Lipinski definition) is 1. The van der Waals surface area contributed by atoms with E-state index in [0.717, 1.165) is 17.5 Å². The number of likely N-dealkylation sites (N-methyl/N-ethyl adjacent to an activating group) is 1. The van der Waals surface area contributed by atoms with Crippen LogP contribution in [0, 0.1) is 6.92 Å². The highest BCUT2D eigenvalue weighted by molar-refractivity contribution is 5.87. The predicted octanol–water partition coefficient (Wildman–Crippen LogP) is 4.04. The second-order valence-corrected chi connectivity index (χ2v) is 7.25. The van der Waals surface area contributed by atoms with Crippen molar-refractivity contribution in [3.05, 3.63) is 70.8 Å². The molecule has 0 saturated heterocycles. The number of aryl methyl sites for hydroxylation is 3. The molecule has 2 aromatic rings.